The van der Waals surface area contributed by atoms with Gasteiger partial charge in [-0.15, -0.1) is 0 Å². The third-order valence-corrected chi connectivity index (χ3v) is 7.93. The van der Waals surface area contributed by atoms with Crippen molar-refractivity contribution < 1.29 is 4.79 Å². The molecule has 166 valence electrons. The minimum Gasteiger partial charge on any atom is -0.338 e. The molecule has 6 rings (SSSR count). The van der Waals surface area contributed by atoms with Crippen LogP contribution in [0.3, 0.4) is 0 Å². The number of hydrogen-bond acceptors (Lipinski definition) is 4. The number of amides is 1. The molecule has 0 spiro atoms. The molecular formula is C25H29N5O2. The van der Waals surface area contributed by atoms with Crippen molar-refractivity contribution in [3.05, 3.63) is 64.8 Å². The first kappa shape index (κ1) is 19.7. The Morgan fingerprint density at radius 3 is 2.44 bits per heavy atom. The lowest BCUT2D eigenvalue weighted by molar-refractivity contribution is 0.0765. The molecule has 1 aromatic carbocycles. The van der Waals surface area contributed by atoms with E-state index >= 15 is 0 Å². The second-order valence-electron chi connectivity index (χ2n) is 9.68. The summed E-state index contributed by atoms with van der Waals surface area (Å²) in [5.41, 5.74) is 2.65. The fourth-order valence-electron chi connectivity index (χ4n) is 6.35. The molecule has 1 amide bonds. The third kappa shape index (κ3) is 3.35. The van der Waals surface area contributed by atoms with E-state index in [1.54, 1.807) is 12.4 Å². The van der Waals surface area contributed by atoms with Gasteiger partial charge >= 0.3 is 5.69 Å². The molecule has 1 aliphatic carbocycles. The Labute approximate surface area is 187 Å². The first-order valence-electron chi connectivity index (χ1n) is 11.8. The van der Waals surface area contributed by atoms with Gasteiger partial charge < -0.3 is 14.8 Å². The number of hydrogen-bond donors (Lipinski definition) is 1. The van der Waals surface area contributed by atoms with Crippen LogP contribution in [-0.4, -0.2) is 62.5 Å². The molecule has 4 heterocycles. The van der Waals surface area contributed by atoms with Gasteiger partial charge in [-0.1, -0.05) is 12.1 Å². The normalized spacial score (nSPS) is 26.6. The number of fused-ring (bicyclic) bond motifs is 2. The number of nitrogens with one attached hydrogen (secondary N) is 1. The van der Waals surface area contributed by atoms with E-state index in [-0.39, 0.29) is 17.6 Å². The van der Waals surface area contributed by atoms with Crippen molar-refractivity contribution in [3.63, 3.8) is 0 Å². The molecule has 2 saturated heterocycles. The van der Waals surface area contributed by atoms with E-state index in [0.29, 0.717) is 23.4 Å². The lowest BCUT2D eigenvalue weighted by Gasteiger charge is -2.37. The zero-order valence-corrected chi connectivity index (χ0v) is 18.2. The molecule has 3 fully saturated rings. The number of piperidine rings is 1. The molecule has 32 heavy (non-hydrogen) atoms. The highest BCUT2D eigenvalue weighted by molar-refractivity contribution is 5.94. The van der Waals surface area contributed by atoms with Gasteiger partial charge in [-0.2, -0.15) is 0 Å². The molecule has 0 bridgehead atoms. The van der Waals surface area contributed by atoms with Crippen LogP contribution in [0.2, 0.25) is 0 Å². The number of para-hydroxylation sites is 2. The molecule has 3 atom stereocenters. The van der Waals surface area contributed by atoms with Crippen LogP contribution >= 0.6 is 0 Å². The number of carbonyl (C=O) groups is 1. The number of H-pyrrole nitrogens is 1. The SMILES string of the molecule is O=C(c1cccnc1)N1C[C@H]2C[C@@H](N3CCC(n4c(=O)[nH]c5ccccc54)CC3)C[C@H]2C1. The minimum atomic E-state index is 0.0124. The molecule has 2 aliphatic heterocycles. The monoisotopic (exact) mass is 431 g/mol. The van der Waals surface area contributed by atoms with Crippen molar-refractivity contribution >= 4 is 16.9 Å². The molecule has 0 unspecified atom stereocenters. The molecule has 1 N–H and O–H groups in total. The molecule has 0 radical (unpaired) electrons. The summed E-state index contributed by atoms with van der Waals surface area (Å²) in [6.45, 7) is 3.82. The fourth-order valence-corrected chi connectivity index (χ4v) is 6.35. The average molecular weight is 432 g/mol. The summed E-state index contributed by atoms with van der Waals surface area (Å²) in [4.78, 5) is 37.1. The molecule has 3 aliphatic rings. The number of pyridine rings is 1. The maximum atomic E-state index is 12.8. The maximum absolute atomic E-state index is 12.8. The van der Waals surface area contributed by atoms with Crippen molar-refractivity contribution in [1.82, 2.24) is 24.3 Å². The summed E-state index contributed by atoms with van der Waals surface area (Å²) in [7, 11) is 0. The van der Waals surface area contributed by atoms with Gasteiger partial charge in [-0.3, -0.25) is 14.3 Å². The molecular weight excluding hydrogens is 402 g/mol. The third-order valence-electron chi connectivity index (χ3n) is 7.93. The molecule has 7 nitrogen and oxygen atoms in total. The van der Waals surface area contributed by atoms with E-state index in [1.165, 1.54) is 12.8 Å². The van der Waals surface area contributed by atoms with Crippen LogP contribution in [-0.2, 0) is 0 Å². The van der Waals surface area contributed by atoms with E-state index in [2.05, 4.69) is 14.9 Å². The Hall–Kier alpha value is -2.93. The van der Waals surface area contributed by atoms with Gasteiger partial charge in [0.1, 0.15) is 0 Å². The lowest BCUT2D eigenvalue weighted by Crippen LogP contribution is -2.42. The number of benzene rings is 1. The van der Waals surface area contributed by atoms with Crippen molar-refractivity contribution in [1.29, 1.82) is 0 Å². The summed E-state index contributed by atoms with van der Waals surface area (Å²) in [6.07, 6.45) is 7.76. The molecule has 1 saturated carbocycles. The van der Waals surface area contributed by atoms with Crippen LogP contribution in [0.15, 0.2) is 53.6 Å². The number of aromatic amines is 1. The highest BCUT2D eigenvalue weighted by Gasteiger charge is 2.44. The average Bonchev–Trinajstić information content (AvgIpc) is 3.50. The topological polar surface area (TPSA) is 74.2 Å². The van der Waals surface area contributed by atoms with Gasteiger partial charge in [0.25, 0.3) is 5.91 Å². The summed E-state index contributed by atoms with van der Waals surface area (Å²) in [5, 5.41) is 0. The number of carbonyl (C=O) groups excluding carboxylic acids is 1. The first-order valence-corrected chi connectivity index (χ1v) is 11.8. The highest BCUT2D eigenvalue weighted by atomic mass is 16.2. The van der Waals surface area contributed by atoms with Crippen LogP contribution in [0.5, 0.6) is 0 Å². The quantitative estimate of drug-likeness (QED) is 0.692. The van der Waals surface area contributed by atoms with Gasteiger partial charge in [0.05, 0.1) is 16.6 Å². The van der Waals surface area contributed by atoms with Gasteiger partial charge in [0.2, 0.25) is 0 Å². The van der Waals surface area contributed by atoms with E-state index in [9.17, 15) is 9.59 Å². The number of rotatable bonds is 3. The Kier molecular flexibility index (Phi) is 4.86. The summed E-state index contributed by atoms with van der Waals surface area (Å²) in [5.74, 6) is 1.33. The van der Waals surface area contributed by atoms with Gasteiger partial charge in [0.15, 0.2) is 0 Å². The molecule has 3 aromatic rings. The molecule has 2 aromatic heterocycles. The predicted octanol–water partition coefficient (Wildman–Crippen LogP) is 2.91. The zero-order chi connectivity index (χ0) is 21.7. The Bertz CT molecular complexity index is 1160. The second-order valence-corrected chi connectivity index (χ2v) is 9.68. The largest absolute Gasteiger partial charge is 0.338 e. The van der Waals surface area contributed by atoms with E-state index in [1.807, 2.05) is 45.9 Å². The number of aromatic nitrogens is 3. The number of likely N-dealkylation sites (tertiary alicyclic amines) is 2. The van der Waals surface area contributed by atoms with E-state index in [4.69, 9.17) is 0 Å². The predicted molar refractivity (Wildman–Crippen MR) is 123 cm³/mol. The summed E-state index contributed by atoms with van der Waals surface area (Å²) >= 11 is 0. The van der Waals surface area contributed by atoms with Crippen molar-refractivity contribution in [2.75, 3.05) is 26.2 Å². The lowest BCUT2D eigenvalue weighted by atomic mass is 10.0. The van der Waals surface area contributed by atoms with Crippen LogP contribution in [0.25, 0.3) is 11.0 Å². The van der Waals surface area contributed by atoms with Crippen LogP contribution < -0.4 is 5.69 Å². The van der Waals surface area contributed by atoms with E-state index in [0.717, 1.165) is 50.1 Å². The Balaban J connectivity index is 1.07. The summed E-state index contributed by atoms with van der Waals surface area (Å²) < 4.78 is 1.97. The summed E-state index contributed by atoms with van der Waals surface area (Å²) in [6, 6.07) is 12.5. The standard InChI is InChI=1S/C25H29N5O2/c31-24(17-4-3-9-26-14-17)29-15-18-12-21(13-19(18)16-29)28-10-7-20(8-11-28)30-23-6-2-1-5-22(23)27-25(30)32/h1-6,9,14,18-21H,7-8,10-13,15-16H2,(H,27,32)/t18-,19+,21-. The van der Waals surface area contributed by atoms with Gasteiger partial charge in [-0.25, -0.2) is 4.79 Å². The van der Waals surface area contributed by atoms with E-state index < -0.39 is 0 Å². The van der Waals surface area contributed by atoms with Crippen molar-refractivity contribution in [2.45, 2.75) is 37.8 Å². The Morgan fingerprint density at radius 2 is 1.72 bits per heavy atom. The van der Waals surface area contributed by atoms with Gasteiger partial charge in [-0.05, 0) is 61.8 Å². The zero-order valence-electron chi connectivity index (χ0n) is 18.2. The Morgan fingerprint density at radius 1 is 0.969 bits per heavy atom. The van der Waals surface area contributed by atoms with Gasteiger partial charge in [0, 0.05) is 50.7 Å². The molecule has 7 heteroatoms. The minimum absolute atomic E-state index is 0.0124. The second kappa shape index (κ2) is 7.89. The fraction of sp³-hybridized carbons (Fsp3) is 0.480. The smallest absolute Gasteiger partial charge is 0.326 e. The van der Waals surface area contributed by atoms with Crippen LogP contribution in [0.4, 0.5) is 0 Å². The highest BCUT2D eigenvalue weighted by Crippen LogP contribution is 2.41. The van der Waals surface area contributed by atoms with Crippen molar-refractivity contribution in [3.8, 4) is 0 Å². The van der Waals surface area contributed by atoms with Crippen LogP contribution in [0.1, 0.15) is 42.1 Å². The van der Waals surface area contributed by atoms with Crippen molar-refractivity contribution in [2.24, 2.45) is 11.8 Å². The maximum Gasteiger partial charge on any atom is 0.326 e. The first-order chi connectivity index (χ1) is 15.7. The van der Waals surface area contributed by atoms with Crippen LogP contribution in [0, 0.1) is 11.8 Å². The number of nitrogens with zero attached hydrogens (tertiary/aromatic N) is 4. The number of imidazole rings is 1.